The second kappa shape index (κ2) is 39.6. The van der Waals surface area contributed by atoms with Crippen molar-refractivity contribution >= 4 is 81.8 Å². The molecule has 2 fully saturated rings. The molecule has 494 valence electrons. The van der Waals surface area contributed by atoms with E-state index in [1.54, 1.807) is 77.4 Å². The fourth-order valence-corrected chi connectivity index (χ4v) is 10.8. The third-order valence-corrected chi connectivity index (χ3v) is 16.1. The van der Waals surface area contributed by atoms with Crippen LogP contribution < -0.4 is 14.2 Å². The van der Waals surface area contributed by atoms with Gasteiger partial charge in [-0.3, -0.25) is 9.59 Å². The molecule has 6 aromatic carbocycles. The summed E-state index contributed by atoms with van der Waals surface area (Å²) in [6, 6.07) is 42.6. The Morgan fingerprint density at radius 1 is 0.511 bits per heavy atom. The maximum Gasteiger partial charge on any atom is 0.336 e. The van der Waals surface area contributed by atoms with Crippen LogP contribution in [-0.2, 0) is 59.8 Å². The third kappa shape index (κ3) is 23.6. The summed E-state index contributed by atoms with van der Waals surface area (Å²) in [5.74, 6) is 1.53. The number of phenols is 1. The maximum absolute atomic E-state index is 13.4. The van der Waals surface area contributed by atoms with Crippen molar-refractivity contribution in [1.82, 2.24) is 9.80 Å². The maximum atomic E-state index is 13.4. The van der Waals surface area contributed by atoms with Crippen LogP contribution in [0.5, 0.6) is 23.0 Å². The largest absolute Gasteiger partial charge is 0.508 e. The van der Waals surface area contributed by atoms with Crippen LogP contribution in [0, 0.1) is 0 Å². The quantitative estimate of drug-likeness (QED) is 0.0314. The zero-order valence-electron chi connectivity index (χ0n) is 51.4. The van der Waals surface area contributed by atoms with E-state index in [0.717, 1.165) is 70.6 Å². The van der Waals surface area contributed by atoms with Crippen LogP contribution in [0.25, 0.3) is 0 Å². The number of alkyl halides is 3. The van der Waals surface area contributed by atoms with Gasteiger partial charge in [-0.15, -0.1) is 34.8 Å². The number of carbonyl (C=O) groups excluding carboxylic acids is 3. The van der Waals surface area contributed by atoms with Crippen molar-refractivity contribution in [3.8, 4) is 23.0 Å². The van der Waals surface area contributed by atoms with Crippen molar-refractivity contribution in [1.29, 1.82) is 0 Å². The van der Waals surface area contributed by atoms with E-state index >= 15 is 0 Å². The summed E-state index contributed by atoms with van der Waals surface area (Å²) in [5, 5.41) is 45.7. The predicted octanol–water partition coefficient (Wildman–Crippen LogP) is 13.1. The number of hydrogen-bond donors (Lipinski definition) is 5. The molecular weight excluding hydrogens is 1290 g/mol. The highest BCUT2D eigenvalue weighted by Crippen LogP contribution is 2.40. The number of rotatable bonds is 22. The average molecular weight is 1370 g/mol. The van der Waals surface area contributed by atoms with Gasteiger partial charge in [-0.25, -0.2) is 9.59 Å². The summed E-state index contributed by atoms with van der Waals surface area (Å²) < 4.78 is 33.0. The van der Waals surface area contributed by atoms with Gasteiger partial charge in [0.05, 0.1) is 73.9 Å². The van der Waals surface area contributed by atoms with Crippen LogP contribution in [0.15, 0.2) is 168 Å². The van der Waals surface area contributed by atoms with E-state index in [2.05, 4.69) is 0 Å². The number of carboxylic acid groups (broad SMARTS) is 1. The molecule has 10 rings (SSSR count). The van der Waals surface area contributed by atoms with Gasteiger partial charge in [-0.05, 0) is 146 Å². The van der Waals surface area contributed by atoms with Crippen molar-refractivity contribution in [3.05, 3.63) is 212 Å². The van der Waals surface area contributed by atoms with E-state index < -0.39 is 23.8 Å². The molecule has 5 N–H and O–H groups in total. The van der Waals surface area contributed by atoms with Gasteiger partial charge in [0.25, 0.3) is 0 Å². The Bertz CT molecular complexity index is 3240. The highest BCUT2D eigenvalue weighted by molar-refractivity contribution is 6.30. The molecule has 2 saturated heterocycles. The Hall–Kier alpha value is -6.87. The van der Waals surface area contributed by atoms with E-state index in [1.807, 2.05) is 91.9 Å². The fourth-order valence-electron chi connectivity index (χ4n) is 10.3. The van der Waals surface area contributed by atoms with Crippen LogP contribution >= 0.6 is 58.0 Å². The van der Waals surface area contributed by atoms with Gasteiger partial charge in [0.15, 0.2) is 0 Å². The summed E-state index contributed by atoms with van der Waals surface area (Å²) in [6.07, 6.45) is 4.07. The van der Waals surface area contributed by atoms with Gasteiger partial charge < -0.3 is 63.8 Å². The number of ether oxygens (including phenoxy) is 6. The smallest absolute Gasteiger partial charge is 0.336 e. The van der Waals surface area contributed by atoms with E-state index in [0.29, 0.717) is 96.5 Å². The lowest BCUT2D eigenvalue weighted by Gasteiger charge is -2.35. The van der Waals surface area contributed by atoms with Gasteiger partial charge in [0.2, 0.25) is 11.8 Å². The minimum absolute atomic E-state index is 0.00831. The number of nitrogens with zero attached hydrogens (tertiary/aromatic N) is 2. The summed E-state index contributed by atoms with van der Waals surface area (Å²) in [6.45, 7) is 7.52. The molecule has 0 spiro atoms. The average Bonchev–Trinajstić information content (AvgIpc) is 0.890. The number of hydrogen-bond acceptors (Lipinski definition) is 14. The molecule has 17 nitrogen and oxygen atoms in total. The highest BCUT2D eigenvalue weighted by Gasteiger charge is 2.39. The van der Waals surface area contributed by atoms with Crippen molar-refractivity contribution in [2.45, 2.75) is 103 Å². The predicted molar refractivity (Wildman–Crippen MR) is 356 cm³/mol. The van der Waals surface area contributed by atoms with E-state index in [4.69, 9.17) is 107 Å². The summed E-state index contributed by atoms with van der Waals surface area (Å²) >= 11 is 28.5. The first kappa shape index (κ1) is 74.2. The van der Waals surface area contributed by atoms with Crippen molar-refractivity contribution < 1.29 is 73.1 Å². The summed E-state index contributed by atoms with van der Waals surface area (Å²) in [5.41, 5.74) is 6.95. The molecule has 92 heavy (non-hydrogen) atoms. The number of phenolic OH excluding ortho intramolecular Hbond substituents is 1. The van der Waals surface area contributed by atoms with Crippen molar-refractivity contribution in [2.24, 2.45) is 0 Å². The lowest BCUT2D eigenvalue weighted by molar-refractivity contribution is -0.142. The molecule has 0 saturated carbocycles. The van der Waals surface area contributed by atoms with Gasteiger partial charge >= 0.3 is 11.9 Å². The molecule has 4 atom stereocenters. The number of aliphatic carboxylic acids is 1. The number of esters is 1. The third-order valence-electron chi connectivity index (χ3n) is 15.1. The Morgan fingerprint density at radius 2 is 0.859 bits per heavy atom. The van der Waals surface area contributed by atoms with Crippen LogP contribution in [0.2, 0.25) is 10.0 Å². The molecule has 6 aromatic rings. The Labute approximate surface area is 562 Å². The number of aromatic hydroxyl groups is 1. The lowest BCUT2D eigenvalue weighted by atomic mass is 9.83. The molecular formula is C70H79Cl5N2O15. The number of amides is 2. The molecule has 4 aliphatic heterocycles. The second-order valence-electron chi connectivity index (χ2n) is 21.5. The Morgan fingerprint density at radius 3 is 1.20 bits per heavy atom. The number of carbonyl (C=O) groups is 4. The summed E-state index contributed by atoms with van der Waals surface area (Å²) in [4.78, 5) is 54.3. The van der Waals surface area contributed by atoms with Crippen molar-refractivity contribution in [2.75, 3.05) is 63.8 Å². The van der Waals surface area contributed by atoms with Gasteiger partial charge in [-0.1, -0.05) is 96.0 Å². The molecule has 0 bridgehead atoms. The van der Waals surface area contributed by atoms with Crippen molar-refractivity contribution in [3.63, 3.8) is 0 Å². The monoisotopic (exact) mass is 1360 g/mol. The van der Waals surface area contributed by atoms with Crippen LogP contribution in [0.3, 0.4) is 0 Å². The van der Waals surface area contributed by atoms with Crippen LogP contribution in [0.1, 0.15) is 97.6 Å². The van der Waals surface area contributed by atoms with Gasteiger partial charge in [-0.2, -0.15) is 0 Å². The molecule has 4 aliphatic rings. The molecule has 0 unspecified atom stereocenters. The van der Waals surface area contributed by atoms with E-state index in [9.17, 15) is 24.3 Å². The number of benzene rings is 6. The molecule has 4 heterocycles. The number of aliphatic hydroxyl groups is 3. The van der Waals surface area contributed by atoms with E-state index in [-0.39, 0.29) is 74.6 Å². The normalized spacial score (nSPS) is 17.6. The number of carboxylic acids is 1. The minimum Gasteiger partial charge on any atom is -0.508 e. The standard InChI is InChI=1S/C27H29Cl2NO5.C18H20ClNO4.2C9H11ClO2.C7H8O2/c1-18-26(27(32)35-17-19-4-10-22(11-5-19)34-14-12-28)24(20-6-8-21(29)9-7-20)15-25(31)30(18)16-23-3-2-13-33-23;1-11-17(18(22)23)15(12-4-6-13(19)7-5-12)9-16(21)20(11)10-14-3-2-8-24-14;2*10-5-6-12-9-3-1-8(7-11)2-4-9;8-5-6-1-3-7(9)4-2-6/h4-11,23-24H,2-3,12-17H2,1H3;4-7,14-15H,2-3,8-10H2,1H3,(H,22,23);2*1-4,11H,5-7H2;1-4,8-9H,5H2/t23-,24+;14-,15+;;;/m11.../s1. The lowest BCUT2D eigenvalue weighted by Crippen LogP contribution is -2.42. The van der Waals surface area contributed by atoms with Crippen LogP contribution in [0.4, 0.5) is 0 Å². The molecule has 0 aromatic heterocycles. The first-order chi connectivity index (χ1) is 44.5. The Kier molecular flexibility index (Phi) is 31.9. The molecule has 22 heteroatoms. The minimum atomic E-state index is -0.989. The molecule has 0 radical (unpaired) electrons. The fraction of sp³-hybridized carbons (Fsp3) is 0.371. The Balaban J connectivity index is 0.000000202. The first-order valence-electron chi connectivity index (χ1n) is 30.1. The van der Waals surface area contributed by atoms with Gasteiger partial charge in [0, 0.05) is 59.3 Å². The SMILES string of the molecule is CC1=C(C(=O)O)[C@H](c2ccc(Cl)cc2)CC(=O)N1C[C@H]1CCCO1.CC1=C(C(=O)OCc2ccc(OCCCl)cc2)[C@H](c2ccc(Cl)cc2)CC(=O)N1C[C@H]1CCCO1.OCc1ccc(O)cc1.OCc1ccc(OCCCl)cc1.OCc1ccc(OCCCl)cc1. The highest BCUT2D eigenvalue weighted by atomic mass is 35.5. The number of aliphatic hydroxyl groups excluding tert-OH is 3. The van der Waals surface area contributed by atoms with E-state index in [1.165, 1.54) is 0 Å². The van der Waals surface area contributed by atoms with Crippen LogP contribution in [-0.4, -0.2) is 135 Å². The molecule has 2 amide bonds. The first-order valence-corrected chi connectivity index (χ1v) is 32.5. The van der Waals surface area contributed by atoms with Gasteiger partial charge in [0.1, 0.15) is 49.4 Å². The zero-order chi connectivity index (χ0) is 66.4. The number of allylic oxidation sites excluding steroid dienone is 2. The topological polar surface area (TPSA) is 231 Å². The second-order valence-corrected chi connectivity index (χ2v) is 23.5. The summed E-state index contributed by atoms with van der Waals surface area (Å²) in [7, 11) is 0. The zero-order valence-corrected chi connectivity index (χ0v) is 55.2. The number of halogens is 5. The molecule has 0 aliphatic carbocycles.